The fourth-order valence-corrected chi connectivity index (χ4v) is 2.12. The Hall–Kier alpha value is -2.18. The number of ether oxygens (including phenoxy) is 1. The Kier molecular flexibility index (Phi) is 4.40. The van der Waals surface area contributed by atoms with E-state index in [1.807, 2.05) is 0 Å². The maximum absolute atomic E-state index is 12.4. The van der Waals surface area contributed by atoms with E-state index in [0.29, 0.717) is 24.0 Å². The zero-order chi connectivity index (χ0) is 15.6. The molecular formula is C14H19N3O4. The number of nitrogens with one attached hydrogen (secondary N) is 1. The average molecular weight is 293 g/mol. The van der Waals surface area contributed by atoms with Crippen molar-refractivity contribution in [1.82, 2.24) is 14.9 Å². The molecule has 1 aliphatic rings. The molecule has 0 bridgehead atoms. The highest BCUT2D eigenvalue weighted by molar-refractivity contribution is 5.96. The molecule has 0 aromatic carbocycles. The number of methoxy groups -OCH3 is 1. The van der Waals surface area contributed by atoms with Crippen LogP contribution in [0.3, 0.4) is 0 Å². The molecule has 0 spiro atoms. The number of H-pyrrole nitrogens is 1. The summed E-state index contributed by atoms with van der Waals surface area (Å²) in [5, 5.41) is 0. The Bertz CT molecular complexity index is 619. The van der Waals surface area contributed by atoms with Crippen molar-refractivity contribution in [3.63, 3.8) is 0 Å². The zero-order valence-electron chi connectivity index (χ0n) is 12.4. The maximum Gasteiger partial charge on any atom is 0.325 e. The van der Waals surface area contributed by atoms with Crippen molar-refractivity contribution in [3.8, 4) is 0 Å². The van der Waals surface area contributed by atoms with Crippen molar-refractivity contribution >= 4 is 11.9 Å². The molecule has 0 atom stereocenters. The summed E-state index contributed by atoms with van der Waals surface area (Å²) in [5.74, 6) is -0.0821. The molecule has 21 heavy (non-hydrogen) atoms. The van der Waals surface area contributed by atoms with E-state index in [1.165, 1.54) is 12.0 Å². The molecule has 1 amide bonds. The van der Waals surface area contributed by atoms with Crippen LogP contribution in [0.15, 0.2) is 4.79 Å². The second-order valence-electron chi connectivity index (χ2n) is 5.08. The third-order valence-electron chi connectivity index (χ3n) is 3.51. The lowest BCUT2D eigenvalue weighted by Crippen LogP contribution is -2.39. The monoisotopic (exact) mass is 293 g/mol. The smallest absolute Gasteiger partial charge is 0.325 e. The number of aromatic nitrogens is 2. The Morgan fingerprint density at radius 3 is 2.57 bits per heavy atom. The van der Waals surface area contributed by atoms with Gasteiger partial charge in [0.2, 0.25) is 0 Å². The largest absolute Gasteiger partial charge is 0.468 e. The number of carbonyl (C=O) groups excluding carboxylic acids is 2. The van der Waals surface area contributed by atoms with Crippen molar-refractivity contribution in [3.05, 3.63) is 27.4 Å². The van der Waals surface area contributed by atoms with Crippen LogP contribution in [0.2, 0.25) is 0 Å². The van der Waals surface area contributed by atoms with Gasteiger partial charge in [0.05, 0.1) is 12.8 Å². The number of carbonyl (C=O) groups is 2. The minimum absolute atomic E-state index is 0.00912. The first-order valence-corrected chi connectivity index (χ1v) is 6.94. The van der Waals surface area contributed by atoms with Crippen LogP contribution < -0.4 is 5.56 Å². The summed E-state index contributed by atoms with van der Waals surface area (Å²) < 4.78 is 4.55. The molecular weight excluding hydrogens is 274 g/mol. The lowest BCUT2D eigenvalue weighted by atomic mass is 10.2. The van der Waals surface area contributed by atoms with Gasteiger partial charge in [0.15, 0.2) is 0 Å². The molecule has 1 fully saturated rings. The molecule has 114 valence electrons. The second-order valence-corrected chi connectivity index (χ2v) is 5.08. The molecule has 7 heteroatoms. The fraction of sp³-hybridized carbons (Fsp3) is 0.571. The summed E-state index contributed by atoms with van der Waals surface area (Å²) in [6.45, 7) is 3.49. The molecule has 0 radical (unpaired) electrons. The van der Waals surface area contributed by atoms with Crippen LogP contribution in [0.5, 0.6) is 0 Å². The Morgan fingerprint density at radius 2 is 2.10 bits per heavy atom. The highest BCUT2D eigenvalue weighted by Gasteiger charge is 2.29. The fourth-order valence-electron chi connectivity index (χ4n) is 2.12. The van der Waals surface area contributed by atoms with E-state index >= 15 is 0 Å². The topological polar surface area (TPSA) is 92.4 Å². The van der Waals surface area contributed by atoms with Crippen LogP contribution in [0, 0.1) is 6.92 Å². The third kappa shape index (κ3) is 3.29. The molecule has 0 aliphatic heterocycles. The predicted molar refractivity (Wildman–Crippen MR) is 75.2 cm³/mol. The Labute approximate surface area is 122 Å². The summed E-state index contributed by atoms with van der Waals surface area (Å²) in [6, 6.07) is 0. The average Bonchev–Trinajstić information content (AvgIpc) is 3.27. The van der Waals surface area contributed by atoms with Gasteiger partial charge in [0.1, 0.15) is 17.9 Å². The van der Waals surface area contributed by atoms with Crippen molar-refractivity contribution in [1.29, 1.82) is 0 Å². The van der Waals surface area contributed by atoms with Crippen molar-refractivity contribution in [2.75, 3.05) is 20.2 Å². The number of amides is 1. The highest BCUT2D eigenvalue weighted by Crippen LogP contribution is 2.37. The molecule has 2 rings (SSSR count). The number of hydrogen-bond donors (Lipinski definition) is 1. The summed E-state index contributed by atoms with van der Waals surface area (Å²) in [5.41, 5.74) is -0.0585. The molecule has 0 unspecified atom stereocenters. The second kappa shape index (κ2) is 6.07. The van der Waals surface area contributed by atoms with Gasteiger partial charge < -0.3 is 14.6 Å². The first kappa shape index (κ1) is 15.2. The molecule has 1 aromatic rings. The quantitative estimate of drug-likeness (QED) is 0.802. The molecule has 7 nitrogen and oxygen atoms in total. The van der Waals surface area contributed by atoms with Gasteiger partial charge in [-0.25, -0.2) is 4.98 Å². The van der Waals surface area contributed by atoms with Crippen LogP contribution in [-0.4, -0.2) is 46.9 Å². The summed E-state index contributed by atoms with van der Waals surface area (Å²) in [4.78, 5) is 44.2. The van der Waals surface area contributed by atoms with E-state index in [1.54, 1.807) is 13.8 Å². The molecule has 0 saturated heterocycles. The number of rotatable bonds is 5. The van der Waals surface area contributed by atoms with Gasteiger partial charge in [-0.15, -0.1) is 0 Å². The van der Waals surface area contributed by atoms with E-state index in [0.717, 1.165) is 12.8 Å². The first-order chi connectivity index (χ1) is 9.97. The number of hydrogen-bond acceptors (Lipinski definition) is 5. The van der Waals surface area contributed by atoms with Crippen molar-refractivity contribution < 1.29 is 14.3 Å². The van der Waals surface area contributed by atoms with Crippen LogP contribution in [-0.2, 0) is 9.53 Å². The van der Waals surface area contributed by atoms with Gasteiger partial charge in [-0.3, -0.25) is 14.4 Å². The third-order valence-corrected chi connectivity index (χ3v) is 3.51. The van der Waals surface area contributed by atoms with Crippen molar-refractivity contribution in [2.45, 2.75) is 32.6 Å². The molecule has 1 saturated carbocycles. The van der Waals surface area contributed by atoms with E-state index in [-0.39, 0.29) is 12.1 Å². The van der Waals surface area contributed by atoms with Gasteiger partial charge in [-0.1, -0.05) is 0 Å². The number of nitrogens with zero attached hydrogens (tertiary/aromatic N) is 2. The lowest BCUT2D eigenvalue weighted by molar-refractivity contribution is -0.141. The van der Waals surface area contributed by atoms with Gasteiger partial charge in [0.25, 0.3) is 11.5 Å². The van der Waals surface area contributed by atoms with Gasteiger partial charge >= 0.3 is 5.97 Å². The minimum Gasteiger partial charge on any atom is -0.468 e. The van der Waals surface area contributed by atoms with E-state index in [9.17, 15) is 14.4 Å². The Morgan fingerprint density at radius 1 is 1.43 bits per heavy atom. The zero-order valence-corrected chi connectivity index (χ0v) is 12.4. The standard InChI is InChI=1S/C14H19N3O4/c1-4-17(7-10(18)21-3)14(20)11-8(2)15-12(9-5-6-9)16-13(11)19/h9H,4-7H2,1-3H3,(H,15,16,19). The molecule has 1 heterocycles. The first-order valence-electron chi connectivity index (χ1n) is 6.94. The number of esters is 1. The van der Waals surface area contributed by atoms with Crippen molar-refractivity contribution in [2.24, 2.45) is 0 Å². The van der Waals surface area contributed by atoms with Crippen LogP contribution in [0.4, 0.5) is 0 Å². The molecule has 1 N–H and O–H groups in total. The minimum atomic E-state index is -0.526. The van der Waals surface area contributed by atoms with Crippen LogP contribution in [0.25, 0.3) is 0 Å². The summed E-state index contributed by atoms with van der Waals surface area (Å²) in [6.07, 6.45) is 2.03. The van der Waals surface area contributed by atoms with E-state index < -0.39 is 17.4 Å². The lowest BCUT2D eigenvalue weighted by Gasteiger charge is -2.19. The molecule has 1 aliphatic carbocycles. The van der Waals surface area contributed by atoms with E-state index in [2.05, 4.69) is 14.7 Å². The summed E-state index contributed by atoms with van der Waals surface area (Å²) >= 11 is 0. The Balaban J connectivity index is 2.29. The number of aryl methyl sites for hydroxylation is 1. The van der Waals surface area contributed by atoms with E-state index in [4.69, 9.17) is 0 Å². The number of likely N-dealkylation sites (N-methyl/N-ethyl adjacent to an activating group) is 1. The highest BCUT2D eigenvalue weighted by atomic mass is 16.5. The SMILES string of the molecule is CCN(CC(=O)OC)C(=O)c1c(C)nc(C2CC2)[nH]c1=O. The predicted octanol–water partition coefficient (Wildman–Crippen LogP) is 0.591. The van der Waals surface area contributed by atoms with Gasteiger partial charge in [-0.2, -0.15) is 0 Å². The number of aromatic amines is 1. The van der Waals surface area contributed by atoms with Crippen LogP contribution in [0.1, 0.15) is 47.6 Å². The van der Waals surface area contributed by atoms with Gasteiger partial charge in [-0.05, 0) is 26.7 Å². The van der Waals surface area contributed by atoms with Gasteiger partial charge in [0, 0.05) is 12.5 Å². The molecule has 1 aromatic heterocycles. The summed E-state index contributed by atoms with van der Waals surface area (Å²) in [7, 11) is 1.25. The van der Waals surface area contributed by atoms with Crippen LogP contribution >= 0.6 is 0 Å². The normalized spacial score (nSPS) is 13.9. The maximum atomic E-state index is 12.4.